The van der Waals surface area contributed by atoms with Crippen molar-refractivity contribution >= 4 is 17.9 Å². The van der Waals surface area contributed by atoms with Gasteiger partial charge in [0.1, 0.15) is 13.2 Å². The lowest BCUT2D eigenvalue weighted by molar-refractivity contribution is -0.167. The fourth-order valence-electron chi connectivity index (χ4n) is 9.16. The third-order valence-corrected chi connectivity index (χ3v) is 14.4. The van der Waals surface area contributed by atoms with E-state index in [1.807, 2.05) is 0 Å². The van der Waals surface area contributed by atoms with Gasteiger partial charge in [0.05, 0.1) is 0 Å². The Morgan fingerprint density at radius 2 is 0.530 bits per heavy atom. The highest BCUT2D eigenvalue weighted by Crippen LogP contribution is 2.19. The third kappa shape index (κ3) is 50.3. The fourth-order valence-corrected chi connectivity index (χ4v) is 9.16. The van der Waals surface area contributed by atoms with Crippen LogP contribution in [0.5, 0.6) is 0 Å². The first-order chi connectivity index (χ1) is 32.3. The van der Waals surface area contributed by atoms with Gasteiger partial charge in [0.15, 0.2) is 6.10 Å². The van der Waals surface area contributed by atoms with E-state index in [4.69, 9.17) is 14.2 Å². The average molecular weight is 934 g/mol. The molecule has 0 aliphatic heterocycles. The van der Waals surface area contributed by atoms with E-state index in [0.29, 0.717) is 19.3 Å². The van der Waals surface area contributed by atoms with Gasteiger partial charge in [0, 0.05) is 19.3 Å². The molecule has 0 rings (SSSR count). The van der Waals surface area contributed by atoms with Crippen LogP contribution in [0, 0.1) is 11.8 Å². The molecule has 0 saturated carbocycles. The van der Waals surface area contributed by atoms with Gasteiger partial charge in [-0.1, -0.05) is 298 Å². The van der Waals surface area contributed by atoms with E-state index >= 15 is 0 Å². The standard InChI is InChI=1S/C60H116O6/c1-6-9-10-11-12-13-14-15-16-17-18-19-23-26-29-35-40-45-50-58(61)64-53-57(66-60(63)52-47-42-37-32-31-34-39-44-49-56(5)8-3)54-65-59(62)51-46-41-36-30-27-24-21-20-22-25-28-33-38-43-48-55(4)7-2/h55-57H,6-54H2,1-5H3/t55?,56?,57-/m0/s1. The summed E-state index contributed by atoms with van der Waals surface area (Å²) in [7, 11) is 0. The number of hydrogen-bond acceptors (Lipinski definition) is 6. The lowest BCUT2D eigenvalue weighted by Crippen LogP contribution is -2.30. The SMILES string of the molecule is CCCCCCCCCCCCCCCCCCCCC(=O)OC[C@@H](COC(=O)CCCCCCCCCCCCCCCCC(C)CC)OC(=O)CCCCCCCCCCC(C)CC. The molecule has 6 nitrogen and oxygen atoms in total. The molecule has 0 aromatic carbocycles. The number of rotatable bonds is 54. The highest BCUT2D eigenvalue weighted by atomic mass is 16.6. The molecule has 0 fully saturated rings. The van der Waals surface area contributed by atoms with E-state index in [9.17, 15) is 14.4 Å². The molecule has 0 aromatic heterocycles. The highest BCUT2D eigenvalue weighted by molar-refractivity contribution is 5.71. The molecule has 2 unspecified atom stereocenters. The van der Waals surface area contributed by atoms with Crippen LogP contribution in [0.2, 0.25) is 0 Å². The van der Waals surface area contributed by atoms with Gasteiger partial charge in [0.25, 0.3) is 0 Å². The molecule has 0 bridgehead atoms. The van der Waals surface area contributed by atoms with Crippen molar-refractivity contribution in [3.63, 3.8) is 0 Å². The minimum Gasteiger partial charge on any atom is -0.462 e. The smallest absolute Gasteiger partial charge is 0.306 e. The third-order valence-electron chi connectivity index (χ3n) is 14.4. The van der Waals surface area contributed by atoms with E-state index in [1.165, 1.54) is 225 Å². The Bertz CT molecular complexity index is 1010. The van der Waals surface area contributed by atoms with Crippen LogP contribution in [0.25, 0.3) is 0 Å². The zero-order valence-electron chi connectivity index (χ0n) is 45.3. The van der Waals surface area contributed by atoms with Crippen LogP contribution in [0.1, 0.15) is 336 Å². The second-order valence-electron chi connectivity index (χ2n) is 21.1. The zero-order chi connectivity index (χ0) is 48.2. The predicted molar refractivity (Wildman–Crippen MR) is 284 cm³/mol. The molecular weight excluding hydrogens is 817 g/mol. The van der Waals surface area contributed by atoms with Crippen LogP contribution in [0.15, 0.2) is 0 Å². The summed E-state index contributed by atoms with van der Waals surface area (Å²) >= 11 is 0. The minimum atomic E-state index is -0.763. The molecule has 0 radical (unpaired) electrons. The van der Waals surface area contributed by atoms with Crippen LogP contribution in [0.3, 0.4) is 0 Å². The number of carbonyl (C=O) groups excluding carboxylic acids is 3. The maximum Gasteiger partial charge on any atom is 0.306 e. The summed E-state index contributed by atoms with van der Waals surface area (Å²) in [6.07, 6.45) is 56.6. The summed E-state index contributed by atoms with van der Waals surface area (Å²) in [5.74, 6) is 0.900. The van der Waals surface area contributed by atoms with Crippen LogP contribution in [0.4, 0.5) is 0 Å². The van der Waals surface area contributed by atoms with Crippen molar-refractivity contribution in [2.75, 3.05) is 13.2 Å². The van der Waals surface area contributed by atoms with Crippen molar-refractivity contribution in [3.8, 4) is 0 Å². The van der Waals surface area contributed by atoms with E-state index in [0.717, 1.165) is 69.6 Å². The Hall–Kier alpha value is -1.59. The van der Waals surface area contributed by atoms with E-state index < -0.39 is 6.10 Å². The molecule has 3 atom stereocenters. The Balaban J connectivity index is 4.26. The first kappa shape index (κ1) is 64.4. The second kappa shape index (κ2) is 52.8. The normalized spacial score (nSPS) is 12.9. The summed E-state index contributed by atoms with van der Waals surface area (Å²) in [4.78, 5) is 38.2. The van der Waals surface area contributed by atoms with Gasteiger partial charge in [-0.15, -0.1) is 0 Å². The summed E-state index contributed by atoms with van der Waals surface area (Å²) in [5.41, 5.74) is 0. The predicted octanol–water partition coefficient (Wildman–Crippen LogP) is 19.7. The molecule has 0 aliphatic carbocycles. The van der Waals surface area contributed by atoms with E-state index in [2.05, 4.69) is 34.6 Å². The number of unbranched alkanes of at least 4 members (excludes halogenated alkanes) is 37. The van der Waals surface area contributed by atoms with Crippen LogP contribution in [-0.2, 0) is 28.6 Å². The maximum atomic E-state index is 12.8. The highest BCUT2D eigenvalue weighted by Gasteiger charge is 2.19. The number of esters is 3. The maximum absolute atomic E-state index is 12.8. The van der Waals surface area contributed by atoms with Crippen molar-refractivity contribution in [3.05, 3.63) is 0 Å². The van der Waals surface area contributed by atoms with E-state index in [1.54, 1.807) is 0 Å². The van der Waals surface area contributed by atoms with Crippen molar-refractivity contribution in [1.82, 2.24) is 0 Å². The van der Waals surface area contributed by atoms with E-state index in [-0.39, 0.29) is 31.1 Å². The van der Waals surface area contributed by atoms with Crippen LogP contribution in [-0.4, -0.2) is 37.2 Å². The minimum absolute atomic E-state index is 0.0630. The van der Waals surface area contributed by atoms with Gasteiger partial charge in [-0.3, -0.25) is 14.4 Å². The largest absolute Gasteiger partial charge is 0.462 e. The lowest BCUT2D eigenvalue weighted by Gasteiger charge is -2.18. The topological polar surface area (TPSA) is 78.9 Å². The van der Waals surface area contributed by atoms with Crippen molar-refractivity contribution in [1.29, 1.82) is 0 Å². The number of ether oxygens (including phenoxy) is 3. The Labute approximate surface area is 412 Å². The summed E-state index contributed by atoms with van der Waals surface area (Å²) < 4.78 is 16.9. The van der Waals surface area contributed by atoms with Crippen LogP contribution >= 0.6 is 0 Å². The Kier molecular flexibility index (Phi) is 51.5. The Morgan fingerprint density at radius 3 is 0.788 bits per heavy atom. The molecule has 6 heteroatoms. The monoisotopic (exact) mass is 933 g/mol. The zero-order valence-corrected chi connectivity index (χ0v) is 45.3. The van der Waals surface area contributed by atoms with Gasteiger partial charge in [-0.2, -0.15) is 0 Å². The van der Waals surface area contributed by atoms with Gasteiger partial charge < -0.3 is 14.2 Å². The Morgan fingerprint density at radius 1 is 0.303 bits per heavy atom. The molecule has 0 amide bonds. The quantitative estimate of drug-likeness (QED) is 0.0343. The molecule has 0 aromatic rings. The second-order valence-corrected chi connectivity index (χ2v) is 21.1. The first-order valence-electron chi connectivity index (χ1n) is 29.8. The van der Waals surface area contributed by atoms with Gasteiger partial charge in [-0.25, -0.2) is 0 Å². The average Bonchev–Trinajstić information content (AvgIpc) is 3.32. The first-order valence-corrected chi connectivity index (χ1v) is 29.8. The lowest BCUT2D eigenvalue weighted by atomic mass is 9.99. The van der Waals surface area contributed by atoms with Crippen molar-refractivity contribution in [2.45, 2.75) is 343 Å². The summed E-state index contributed by atoms with van der Waals surface area (Å²) in [5, 5.41) is 0. The molecule has 66 heavy (non-hydrogen) atoms. The molecule has 0 heterocycles. The number of hydrogen-bond donors (Lipinski definition) is 0. The van der Waals surface area contributed by atoms with Gasteiger partial charge in [0.2, 0.25) is 0 Å². The van der Waals surface area contributed by atoms with Gasteiger partial charge in [-0.05, 0) is 31.1 Å². The molecule has 0 spiro atoms. The van der Waals surface area contributed by atoms with Crippen molar-refractivity contribution in [2.24, 2.45) is 11.8 Å². The summed E-state index contributed by atoms with van der Waals surface area (Å²) in [6.45, 7) is 11.5. The molecule has 0 aliphatic rings. The molecule has 0 N–H and O–H groups in total. The number of carbonyl (C=O) groups is 3. The van der Waals surface area contributed by atoms with Gasteiger partial charge >= 0.3 is 17.9 Å². The summed E-state index contributed by atoms with van der Waals surface area (Å²) in [6, 6.07) is 0. The molecule has 392 valence electrons. The van der Waals surface area contributed by atoms with Crippen LogP contribution < -0.4 is 0 Å². The fraction of sp³-hybridized carbons (Fsp3) is 0.950. The van der Waals surface area contributed by atoms with Crippen molar-refractivity contribution < 1.29 is 28.6 Å². The molecular formula is C60H116O6. The molecule has 0 saturated heterocycles.